The summed E-state index contributed by atoms with van der Waals surface area (Å²) in [5.41, 5.74) is 21.6. The summed E-state index contributed by atoms with van der Waals surface area (Å²) in [7, 11) is 0. The predicted octanol–water partition coefficient (Wildman–Crippen LogP) is 16.4. The second kappa shape index (κ2) is 19.5. The van der Waals surface area contributed by atoms with E-state index in [2.05, 4.69) is 216 Å². The van der Waals surface area contributed by atoms with Crippen LogP contribution in [0.4, 0.5) is 34.1 Å². The van der Waals surface area contributed by atoms with E-state index in [9.17, 15) is 0 Å². The summed E-state index contributed by atoms with van der Waals surface area (Å²) >= 11 is 0. The minimum atomic E-state index is -0.0149. The Balaban J connectivity index is 1.05. The number of fused-ring (bicyclic) bond motifs is 4. The maximum atomic E-state index is 5.40. The van der Waals surface area contributed by atoms with Crippen molar-refractivity contribution in [2.75, 3.05) is 9.80 Å². The Bertz CT molecular complexity index is 3430. The zero-order chi connectivity index (χ0) is 49.7. The molecule has 0 saturated heterocycles. The Kier molecular flexibility index (Phi) is 11.8. The van der Waals surface area contributed by atoms with Gasteiger partial charge in [0.2, 0.25) is 0 Å². The van der Waals surface area contributed by atoms with Crippen molar-refractivity contribution in [1.82, 2.24) is 15.0 Å². The van der Waals surface area contributed by atoms with Crippen molar-refractivity contribution < 1.29 is 0 Å². The minimum Gasteiger partial charge on any atom is -0.311 e. The number of benzene rings is 9. The number of nitrogens with zero attached hydrogens (tertiary/aromatic N) is 5. The first kappa shape index (κ1) is 45.3. The molecule has 0 radical (unpaired) electrons. The van der Waals surface area contributed by atoms with E-state index in [0.717, 1.165) is 39.4 Å². The van der Waals surface area contributed by atoms with Crippen molar-refractivity contribution in [3.63, 3.8) is 0 Å². The molecule has 5 nitrogen and oxygen atoms in total. The molecule has 14 rings (SSSR count). The van der Waals surface area contributed by atoms with Crippen LogP contribution >= 0.6 is 0 Å². The summed E-state index contributed by atoms with van der Waals surface area (Å²) in [4.78, 5) is 21.1. The highest BCUT2D eigenvalue weighted by molar-refractivity contribution is 7.00. The molecule has 0 amide bonds. The van der Waals surface area contributed by atoms with Crippen molar-refractivity contribution >= 4 is 57.2 Å². The Morgan fingerprint density at radius 2 is 0.653 bits per heavy atom. The van der Waals surface area contributed by atoms with E-state index in [4.69, 9.17) is 15.0 Å². The monoisotopic (exact) mass is 967 g/mol. The maximum absolute atomic E-state index is 5.40. The molecule has 2 aliphatic carbocycles. The van der Waals surface area contributed by atoms with Crippen LogP contribution in [0.25, 0.3) is 56.4 Å². The Morgan fingerprint density at radius 1 is 0.307 bits per heavy atom. The second-order valence-electron chi connectivity index (χ2n) is 21.2. The van der Waals surface area contributed by atoms with Crippen molar-refractivity contribution in [2.45, 2.75) is 76.0 Å². The summed E-state index contributed by atoms with van der Waals surface area (Å²) in [6.07, 6.45) is 12.8. The van der Waals surface area contributed by atoms with Crippen LogP contribution in [0.15, 0.2) is 218 Å². The molecule has 9 aromatic carbocycles. The third-order valence-electron chi connectivity index (χ3n) is 16.7. The molecule has 75 heavy (non-hydrogen) atoms. The lowest BCUT2D eigenvalue weighted by Gasteiger charge is -2.45. The average Bonchev–Trinajstić information content (AvgIpc) is 3.51. The molecule has 3 heterocycles. The lowest BCUT2D eigenvalue weighted by molar-refractivity contribution is 0.444. The van der Waals surface area contributed by atoms with Gasteiger partial charge in [0.1, 0.15) is 0 Å². The number of anilines is 6. The van der Waals surface area contributed by atoms with E-state index >= 15 is 0 Å². The first-order chi connectivity index (χ1) is 37.2. The van der Waals surface area contributed by atoms with Crippen LogP contribution in [0.1, 0.15) is 87.2 Å². The van der Waals surface area contributed by atoms with Gasteiger partial charge in [-0.15, -0.1) is 0 Å². The first-order valence-corrected chi connectivity index (χ1v) is 27.4. The van der Waals surface area contributed by atoms with Crippen molar-refractivity contribution in [1.29, 1.82) is 0 Å². The average molecular weight is 968 g/mol. The molecule has 2 aliphatic heterocycles. The van der Waals surface area contributed by atoms with Gasteiger partial charge in [0, 0.05) is 50.8 Å². The van der Waals surface area contributed by atoms with Crippen LogP contribution < -0.4 is 26.2 Å². The largest absolute Gasteiger partial charge is 0.311 e. The van der Waals surface area contributed by atoms with E-state index in [-0.39, 0.29) is 6.71 Å². The highest BCUT2D eigenvalue weighted by Crippen LogP contribution is 2.48. The molecule has 0 N–H and O–H groups in total. The van der Waals surface area contributed by atoms with Gasteiger partial charge in [-0.1, -0.05) is 208 Å². The fourth-order valence-corrected chi connectivity index (χ4v) is 12.9. The maximum Gasteiger partial charge on any atom is 0.252 e. The van der Waals surface area contributed by atoms with Crippen LogP contribution in [0.3, 0.4) is 0 Å². The molecule has 4 aliphatic rings. The molecule has 0 spiro atoms. The molecule has 0 unspecified atom stereocenters. The fourth-order valence-electron chi connectivity index (χ4n) is 12.9. The van der Waals surface area contributed by atoms with Gasteiger partial charge in [-0.05, 0) is 136 Å². The molecular weight excluding hydrogens is 910 g/mol. The molecular formula is C69H58BN5. The molecule has 6 heteroatoms. The summed E-state index contributed by atoms with van der Waals surface area (Å²) in [6.45, 7) is -0.0149. The molecule has 0 bridgehead atoms. The summed E-state index contributed by atoms with van der Waals surface area (Å²) in [5, 5.41) is 0. The third kappa shape index (κ3) is 8.43. The smallest absolute Gasteiger partial charge is 0.252 e. The van der Waals surface area contributed by atoms with Gasteiger partial charge in [0.05, 0.1) is 0 Å². The number of hydrogen-bond donors (Lipinski definition) is 0. The molecule has 0 atom stereocenters. The van der Waals surface area contributed by atoms with Gasteiger partial charge in [-0.25, -0.2) is 15.0 Å². The van der Waals surface area contributed by atoms with E-state index < -0.39 is 0 Å². The van der Waals surface area contributed by atoms with Crippen molar-refractivity contribution in [3.05, 3.63) is 230 Å². The van der Waals surface area contributed by atoms with Crippen LogP contribution in [-0.4, -0.2) is 21.7 Å². The Labute approximate surface area is 441 Å². The molecule has 10 aromatic rings. The topological polar surface area (TPSA) is 45.2 Å². The lowest BCUT2D eigenvalue weighted by atomic mass is 9.33. The van der Waals surface area contributed by atoms with E-state index in [0.29, 0.717) is 29.3 Å². The number of aromatic nitrogens is 3. The van der Waals surface area contributed by atoms with Gasteiger partial charge >= 0.3 is 0 Å². The Hall–Kier alpha value is -8.35. The predicted molar refractivity (Wildman–Crippen MR) is 313 cm³/mol. The van der Waals surface area contributed by atoms with Gasteiger partial charge in [-0.2, -0.15) is 0 Å². The van der Waals surface area contributed by atoms with Gasteiger partial charge < -0.3 is 9.80 Å². The van der Waals surface area contributed by atoms with Gasteiger partial charge in [0.25, 0.3) is 6.71 Å². The lowest BCUT2D eigenvalue weighted by Crippen LogP contribution is -2.61. The highest BCUT2D eigenvalue weighted by atomic mass is 15.2. The van der Waals surface area contributed by atoms with Crippen molar-refractivity contribution in [3.8, 4) is 56.4 Å². The summed E-state index contributed by atoms with van der Waals surface area (Å²) in [5.74, 6) is 3.04. The van der Waals surface area contributed by atoms with Crippen LogP contribution in [0.5, 0.6) is 0 Å². The van der Waals surface area contributed by atoms with E-state index in [1.54, 1.807) is 0 Å². The standard InChI is InChI=1S/C69H58BN5/c1-7-19-47(20-8-1)51-31-37-58(38-32-51)74-62-41-35-55(49-23-11-3-12-24-49)43-60(62)70-61-44-56(50-25-13-4-14-26-50)36-42-63(61)75(59-39-33-52(34-40-59)48-21-9-2-10-22-48)65-46-57(45-64(74)66(65)70)69-72-67(53-27-15-5-16-28-53)71-68(73-69)54-29-17-6-18-30-54/h1-2,5-10,15-22,27-46,49-50H,3-4,11-14,23-26H2. The quantitative estimate of drug-likeness (QED) is 0.135. The highest BCUT2D eigenvalue weighted by Gasteiger charge is 2.44. The van der Waals surface area contributed by atoms with Gasteiger partial charge in [-0.3, -0.25) is 0 Å². The summed E-state index contributed by atoms with van der Waals surface area (Å²) < 4.78 is 0. The molecule has 2 fully saturated rings. The zero-order valence-electron chi connectivity index (χ0n) is 42.3. The molecule has 1 aromatic heterocycles. The first-order valence-electron chi connectivity index (χ1n) is 27.4. The van der Waals surface area contributed by atoms with Crippen LogP contribution in [0, 0.1) is 0 Å². The van der Waals surface area contributed by atoms with Crippen molar-refractivity contribution in [2.24, 2.45) is 0 Å². The number of rotatable bonds is 9. The zero-order valence-corrected chi connectivity index (χ0v) is 42.3. The Morgan fingerprint density at radius 3 is 1.04 bits per heavy atom. The van der Waals surface area contributed by atoms with E-state index in [1.807, 2.05) is 12.1 Å². The SMILES string of the molecule is c1ccc(-c2ccc(N3c4ccc(C5CCCCC5)cc4B4c5cc(C6CCCCC6)ccc5N(c5ccc(-c6ccccc6)cc5)c5cc(-c6nc(-c7ccccc7)nc(-c7ccccc7)n6)cc3c54)cc2)cc1. The fraction of sp³-hybridized carbons (Fsp3) is 0.174. The normalized spacial score (nSPS) is 15.3. The van der Waals surface area contributed by atoms with Crippen LogP contribution in [0.2, 0.25) is 0 Å². The van der Waals surface area contributed by atoms with Crippen LogP contribution in [-0.2, 0) is 0 Å². The number of hydrogen-bond acceptors (Lipinski definition) is 5. The summed E-state index contributed by atoms with van der Waals surface area (Å²) in [6, 6.07) is 80.5. The van der Waals surface area contributed by atoms with Gasteiger partial charge in [0.15, 0.2) is 17.5 Å². The molecule has 2 saturated carbocycles. The van der Waals surface area contributed by atoms with E-state index in [1.165, 1.54) is 125 Å². The second-order valence-corrected chi connectivity index (χ2v) is 21.2. The molecule has 362 valence electrons. The minimum absolute atomic E-state index is 0.0149. The third-order valence-corrected chi connectivity index (χ3v) is 16.7.